The third-order valence-electron chi connectivity index (χ3n) is 3.84. The fourth-order valence-electron chi connectivity index (χ4n) is 2.51. The average molecular weight is 357 g/mol. The molecule has 2 amide bonds. The first-order valence-electron chi connectivity index (χ1n) is 8.51. The van der Waals surface area contributed by atoms with Crippen LogP contribution in [0.1, 0.15) is 11.3 Å². The second-order valence-corrected chi connectivity index (χ2v) is 6.16. The highest BCUT2D eigenvalue weighted by Gasteiger charge is 2.15. The fraction of sp³-hybridized carbons (Fsp3) is 0.389. The molecule has 1 unspecified atom stereocenters. The third-order valence-corrected chi connectivity index (χ3v) is 3.84. The number of hydrogen-bond acceptors (Lipinski definition) is 6. The van der Waals surface area contributed by atoms with E-state index >= 15 is 0 Å². The molecule has 1 aromatic carbocycles. The van der Waals surface area contributed by atoms with Gasteiger partial charge in [-0.3, -0.25) is 10.3 Å². The highest BCUT2D eigenvalue weighted by molar-refractivity contribution is 6.00. The fourth-order valence-corrected chi connectivity index (χ4v) is 2.51. The van der Waals surface area contributed by atoms with Crippen LogP contribution in [0.3, 0.4) is 0 Å². The Balaban J connectivity index is 1.62. The van der Waals surface area contributed by atoms with Crippen LogP contribution < -0.4 is 20.7 Å². The van der Waals surface area contributed by atoms with Crippen molar-refractivity contribution in [2.75, 3.05) is 37.0 Å². The van der Waals surface area contributed by atoms with Crippen molar-refractivity contribution >= 4 is 17.5 Å². The van der Waals surface area contributed by atoms with Gasteiger partial charge in [-0.15, -0.1) is 0 Å². The van der Waals surface area contributed by atoms with Gasteiger partial charge in [-0.2, -0.15) is 0 Å². The number of urea groups is 1. The Labute approximate surface area is 152 Å². The molecule has 0 radical (unpaired) electrons. The zero-order valence-electron chi connectivity index (χ0n) is 14.9. The number of aryl methyl sites for hydroxylation is 2. The van der Waals surface area contributed by atoms with Crippen molar-refractivity contribution in [2.45, 2.75) is 19.9 Å². The lowest BCUT2D eigenvalue weighted by molar-refractivity contribution is 0.0594. The maximum absolute atomic E-state index is 12.3. The number of amides is 2. The summed E-state index contributed by atoms with van der Waals surface area (Å²) < 4.78 is 11.3. The van der Waals surface area contributed by atoms with E-state index < -0.39 is 6.03 Å². The zero-order chi connectivity index (χ0) is 18.4. The number of hydrogen-bond donors (Lipinski definition) is 3. The van der Waals surface area contributed by atoms with E-state index in [0.29, 0.717) is 30.5 Å². The summed E-state index contributed by atoms with van der Waals surface area (Å²) in [7, 11) is 0. The molecule has 0 saturated carbocycles. The highest BCUT2D eigenvalue weighted by Crippen LogP contribution is 2.26. The molecule has 8 nitrogen and oxygen atoms in total. The lowest BCUT2D eigenvalue weighted by Gasteiger charge is -2.24. The van der Waals surface area contributed by atoms with Crippen molar-refractivity contribution in [3.63, 3.8) is 0 Å². The zero-order valence-corrected chi connectivity index (χ0v) is 14.9. The summed E-state index contributed by atoms with van der Waals surface area (Å²) in [5, 5.41) is 8.80. The average Bonchev–Trinajstić information content (AvgIpc) is 2.64. The number of carbonyl (C=O) groups is 1. The Bertz CT molecular complexity index is 745. The molecule has 0 aliphatic carbocycles. The molecule has 3 rings (SSSR count). The summed E-state index contributed by atoms with van der Waals surface area (Å²) in [6.07, 6.45) is 3.10. The van der Waals surface area contributed by atoms with Gasteiger partial charge in [0.05, 0.1) is 43.0 Å². The predicted molar refractivity (Wildman–Crippen MR) is 98.7 cm³/mol. The van der Waals surface area contributed by atoms with Gasteiger partial charge in [0.2, 0.25) is 0 Å². The Kier molecular flexibility index (Phi) is 5.98. The number of anilines is 2. The molecule has 26 heavy (non-hydrogen) atoms. The lowest BCUT2D eigenvalue weighted by atomic mass is 10.2. The van der Waals surface area contributed by atoms with Crippen LogP contribution in [0, 0.1) is 13.8 Å². The molecular formula is C18H23N5O3. The number of carbonyl (C=O) groups excluding carboxylic acids is 1. The predicted octanol–water partition coefficient (Wildman–Crippen LogP) is 2.10. The summed E-state index contributed by atoms with van der Waals surface area (Å²) in [5.41, 5.74) is 2.40. The first-order valence-corrected chi connectivity index (χ1v) is 8.51. The number of nitrogens with zero attached hydrogens (tertiary/aromatic N) is 2. The number of ether oxygens (including phenoxy) is 2. The van der Waals surface area contributed by atoms with E-state index in [2.05, 4.69) is 25.9 Å². The minimum Gasteiger partial charge on any atom is -0.490 e. The van der Waals surface area contributed by atoms with Gasteiger partial charge in [0.25, 0.3) is 0 Å². The minimum absolute atomic E-state index is 0.134. The molecule has 3 N–H and O–H groups in total. The van der Waals surface area contributed by atoms with Gasteiger partial charge in [0.15, 0.2) is 5.82 Å². The second kappa shape index (κ2) is 8.59. The van der Waals surface area contributed by atoms with Crippen LogP contribution in [0.15, 0.2) is 30.6 Å². The topological polar surface area (TPSA) is 97.4 Å². The normalized spacial score (nSPS) is 16.8. The van der Waals surface area contributed by atoms with E-state index in [4.69, 9.17) is 9.47 Å². The molecule has 8 heteroatoms. The lowest BCUT2D eigenvalue weighted by Crippen LogP contribution is -2.44. The number of morpholine rings is 1. The van der Waals surface area contributed by atoms with E-state index in [-0.39, 0.29) is 6.04 Å². The summed E-state index contributed by atoms with van der Waals surface area (Å²) in [6, 6.07) is 5.38. The van der Waals surface area contributed by atoms with Crippen molar-refractivity contribution in [1.82, 2.24) is 15.3 Å². The van der Waals surface area contributed by atoms with Gasteiger partial charge in [0.1, 0.15) is 12.4 Å². The van der Waals surface area contributed by atoms with Crippen molar-refractivity contribution < 1.29 is 14.3 Å². The number of aromatic nitrogens is 2. The van der Waals surface area contributed by atoms with Crippen LogP contribution >= 0.6 is 0 Å². The molecular weight excluding hydrogens is 334 g/mol. The molecule has 2 heterocycles. The van der Waals surface area contributed by atoms with E-state index in [9.17, 15) is 4.79 Å². The maximum atomic E-state index is 12.3. The largest absolute Gasteiger partial charge is 0.490 e. The summed E-state index contributed by atoms with van der Waals surface area (Å²) in [5.74, 6) is 0.986. The van der Waals surface area contributed by atoms with Gasteiger partial charge < -0.3 is 20.1 Å². The molecule has 0 spiro atoms. The summed E-state index contributed by atoms with van der Waals surface area (Å²) in [4.78, 5) is 20.5. The van der Waals surface area contributed by atoms with Gasteiger partial charge in [-0.05, 0) is 31.5 Å². The molecule has 1 fully saturated rings. The summed E-state index contributed by atoms with van der Waals surface area (Å²) in [6.45, 7) is 6.39. The molecule has 1 atom stereocenters. The van der Waals surface area contributed by atoms with Crippen LogP contribution in [0.25, 0.3) is 0 Å². The standard InChI is InChI=1S/C18H23N5O3/c1-12-3-4-16(26-11-14-10-25-6-5-19-14)15(7-12)22-18(24)23-17-9-20-13(2)8-21-17/h3-4,7-9,14,19H,5-6,10-11H2,1-2H3,(H2,21,22,23,24). The third kappa shape index (κ3) is 5.14. The van der Waals surface area contributed by atoms with Crippen LogP contribution in [-0.2, 0) is 4.74 Å². The van der Waals surface area contributed by atoms with Crippen LogP contribution in [0.4, 0.5) is 16.3 Å². The van der Waals surface area contributed by atoms with Gasteiger partial charge in [-0.25, -0.2) is 9.78 Å². The van der Waals surface area contributed by atoms with Crippen molar-refractivity contribution in [1.29, 1.82) is 0 Å². The van der Waals surface area contributed by atoms with Crippen molar-refractivity contribution in [2.24, 2.45) is 0 Å². The van der Waals surface area contributed by atoms with Gasteiger partial charge in [-0.1, -0.05) is 6.07 Å². The Morgan fingerprint density at radius 3 is 2.92 bits per heavy atom. The van der Waals surface area contributed by atoms with E-state index in [1.807, 2.05) is 32.0 Å². The molecule has 1 saturated heterocycles. The minimum atomic E-state index is -0.405. The molecule has 1 aliphatic heterocycles. The molecule has 0 bridgehead atoms. The van der Waals surface area contributed by atoms with E-state index in [1.54, 1.807) is 6.20 Å². The Morgan fingerprint density at radius 1 is 1.31 bits per heavy atom. The highest BCUT2D eigenvalue weighted by atomic mass is 16.5. The summed E-state index contributed by atoms with van der Waals surface area (Å²) >= 11 is 0. The maximum Gasteiger partial charge on any atom is 0.324 e. The molecule has 1 aliphatic rings. The molecule has 1 aromatic heterocycles. The Morgan fingerprint density at radius 2 is 2.19 bits per heavy atom. The monoisotopic (exact) mass is 357 g/mol. The number of benzene rings is 1. The van der Waals surface area contributed by atoms with Crippen LogP contribution in [-0.4, -0.2) is 48.4 Å². The quantitative estimate of drug-likeness (QED) is 0.758. The number of rotatable bonds is 5. The van der Waals surface area contributed by atoms with Crippen molar-refractivity contribution in [3.8, 4) is 5.75 Å². The van der Waals surface area contributed by atoms with Gasteiger partial charge >= 0.3 is 6.03 Å². The smallest absolute Gasteiger partial charge is 0.324 e. The van der Waals surface area contributed by atoms with Crippen LogP contribution in [0.2, 0.25) is 0 Å². The second-order valence-electron chi connectivity index (χ2n) is 6.16. The Hall–Kier alpha value is -2.71. The van der Waals surface area contributed by atoms with Crippen LogP contribution in [0.5, 0.6) is 5.75 Å². The molecule has 138 valence electrons. The first kappa shape index (κ1) is 18.1. The van der Waals surface area contributed by atoms with E-state index in [0.717, 1.165) is 24.4 Å². The SMILES string of the molecule is Cc1ccc(OCC2COCCN2)c(NC(=O)Nc2cnc(C)cn2)c1. The van der Waals surface area contributed by atoms with Crippen molar-refractivity contribution in [3.05, 3.63) is 41.9 Å². The van der Waals surface area contributed by atoms with E-state index in [1.165, 1.54) is 6.20 Å². The van der Waals surface area contributed by atoms with Gasteiger partial charge in [0, 0.05) is 6.54 Å². The molecule has 2 aromatic rings. The first-order chi connectivity index (χ1) is 12.6. The number of nitrogens with one attached hydrogen (secondary N) is 3.